The fourth-order valence-corrected chi connectivity index (χ4v) is 0.974. The number of para-hydroxylation sites is 1. The first-order valence-electron chi connectivity index (χ1n) is 4.52. The normalized spacial score (nSPS) is 11.1. The van der Waals surface area contributed by atoms with Crippen molar-refractivity contribution < 1.29 is 15.0 Å². The maximum absolute atomic E-state index is 11.3. The summed E-state index contributed by atoms with van der Waals surface area (Å²) in [5.41, 5.74) is 0.668. The largest absolute Gasteiger partial charge is 0.354 e. The van der Waals surface area contributed by atoms with Crippen molar-refractivity contribution in [1.29, 1.82) is 0 Å². The number of benzene rings is 1. The molecule has 1 rings (SSSR count). The number of hydrogen-bond donors (Lipinski definition) is 4. The Labute approximate surface area is 87.7 Å². The van der Waals surface area contributed by atoms with Gasteiger partial charge in [0.25, 0.3) is 0 Å². The van der Waals surface area contributed by atoms with Gasteiger partial charge in [-0.25, -0.2) is 0 Å². The maximum atomic E-state index is 11.3. The molecule has 82 valence electrons. The van der Waals surface area contributed by atoms with Crippen LogP contribution in [-0.4, -0.2) is 28.6 Å². The van der Waals surface area contributed by atoms with Crippen molar-refractivity contribution in [3.05, 3.63) is 30.3 Å². The van der Waals surface area contributed by atoms with Crippen LogP contribution in [0, 0.1) is 0 Å². The summed E-state index contributed by atoms with van der Waals surface area (Å²) in [5, 5.41) is 22.6. The van der Waals surface area contributed by atoms with E-state index in [0.29, 0.717) is 5.69 Å². The zero-order valence-corrected chi connectivity index (χ0v) is 8.40. The van der Waals surface area contributed by atoms with Crippen LogP contribution in [0.2, 0.25) is 0 Å². The minimum atomic E-state index is -2.03. The lowest BCUT2D eigenvalue weighted by Gasteiger charge is -2.16. The van der Waals surface area contributed by atoms with Gasteiger partial charge in [0.05, 0.1) is 6.54 Å². The lowest BCUT2D eigenvalue weighted by atomic mass is 10.3. The highest BCUT2D eigenvalue weighted by Crippen LogP contribution is 2.04. The Morgan fingerprint density at radius 3 is 2.47 bits per heavy atom. The predicted octanol–water partition coefficient (Wildman–Crippen LogP) is -0.127. The first kappa shape index (κ1) is 11.6. The summed E-state index contributed by atoms with van der Waals surface area (Å²) < 4.78 is 0. The maximum Gasteiger partial charge on any atom is 0.238 e. The van der Waals surface area contributed by atoms with Crippen LogP contribution in [0.25, 0.3) is 0 Å². The molecule has 0 aromatic heterocycles. The Hall–Kier alpha value is -1.43. The smallest absolute Gasteiger partial charge is 0.238 e. The highest BCUT2D eigenvalue weighted by atomic mass is 16.5. The van der Waals surface area contributed by atoms with E-state index < -0.39 is 5.91 Å². The second-order valence-corrected chi connectivity index (χ2v) is 3.29. The second-order valence-electron chi connectivity index (χ2n) is 3.29. The van der Waals surface area contributed by atoms with Crippen molar-refractivity contribution >= 4 is 11.6 Å². The molecule has 0 atom stereocenters. The van der Waals surface area contributed by atoms with Crippen LogP contribution in [0.3, 0.4) is 0 Å². The third kappa shape index (κ3) is 5.11. The zero-order chi connectivity index (χ0) is 11.3. The highest BCUT2D eigenvalue weighted by molar-refractivity contribution is 5.92. The molecular formula is C10H14N2O3. The molecular weight excluding hydrogens is 196 g/mol. The molecule has 0 aliphatic rings. The molecule has 0 aliphatic heterocycles. The van der Waals surface area contributed by atoms with E-state index in [1.165, 1.54) is 0 Å². The Bertz CT molecular complexity index is 319. The Morgan fingerprint density at radius 1 is 1.33 bits per heavy atom. The number of amides is 1. The number of anilines is 1. The van der Waals surface area contributed by atoms with Gasteiger partial charge in [0.1, 0.15) is 0 Å². The topological polar surface area (TPSA) is 81.6 Å². The van der Waals surface area contributed by atoms with Crippen molar-refractivity contribution in [2.75, 3.05) is 11.9 Å². The predicted molar refractivity (Wildman–Crippen MR) is 55.9 cm³/mol. The molecule has 0 radical (unpaired) electrons. The molecule has 5 heteroatoms. The lowest BCUT2D eigenvalue weighted by Crippen LogP contribution is -2.45. The van der Waals surface area contributed by atoms with Gasteiger partial charge in [-0.2, -0.15) is 0 Å². The summed E-state index contributed by atoms with van der Waals surface area (Å²) in [6.45, 7) is 0.973. The third-order valence-corrected chi connectivity index (χ3v) is 1.64. The first-order chi connectivity index (χ1) is 6.97. The van der Waals surface area contributed by atoms with Crippen molar-refractivity contribution in [3.8, 4) is 0 Å². The van der Waals surface area contributed by atoms with Gasteiger partial charge in [-0.05, 0) is 12.1 Å². The van der Waals surface area contributed by atoms with Crippen LogP contribution >= 0.6 is 0 Å². The van der Waals surface area contributed by atoms with E-state index in [0.717, 1.165) is 6.92 Å². The number of hydrogen-bond acceptors (Lipinski definition) is 4. The monoisotopic (exact) mass is 210 g/mol. The van der Waals surface area contributed by atoms with Gasteiger partial charge in [-0.15, -0.1) is 0 Å². The molecule has 0 saturated heterocycles. The van der Waals surface area contributed by atoms with Crippen molar-refractivity contribution in [2.24, 2.45) is 0 Å². The van der Waals surface area contributed by atoms with Gasteiger partial charge in [0, 0.05) is 12.6 Å². The Kier molecular flexibility index (Phi) is 3.79. The van der Waals surface area contributed by atoms with E-state index in [4.69, 9.17) is 10.2 Å². The number of rotatable bonds is 4. The van der Waals surface area contributed by atoms with Gasteiger partial charge >= 0.3 is 0 Å². The van der Waals surface area contributed by atoms with E-state index in [1.54, 1.807) is 24.3 Å². The highest BCUT2D eigenvalue weighted by Gasteiger charge is 2.15. The fraction of sp³-hybridized carbons (Fsp3) is 0.300. The summed E-state index contributed by atoms with van der Waals surface area (Å²) >= 11 is 0. The second kappa shape index (κ2) is 4.88. The quantitative estimate of drug-likeness (QED) is 0.522. The molecule has 0 saturated carbocycles. The minimum Gasteiger partial charge on any atom is -0.354 e. The standard InChI is InChI=1S/C10H14N2O3/c1-10(14,15)11-7-9(13)12-8-5-3-2-4-6-8/h2-6,11,14-15H,7H2,1H3,(H,12,13). The molecule has 0 fully saturated rings. The zero-order valence-electron chi connectivity index (χ0n) is 8.40. The van der Waals surface area contributed by atoms with Gasteiger partial charge in [-0.1, -0.05) is 18.2 Å². The van der Waals surface area contributed by atoms with Crippen LogP contribution in [0.1, 0.15) is 6.92 Å². The van der Waals surface area contributed by atoms with E-state index in [1.807, 2.05) is 6.07 Å². The van der Waals surface area contributed by atoms with E-state index in [9.17, 15) is 4.79 Å². The summed E-state index contributed by atoms with van der Waals surface area (Å²) in [5.74, 6) is -2.37. The van der Waals surface area contributed by atoms with Crippen LogP contribution in [-0.2, 0) is 4.79 Å². The first-order valence-corrected chi connectivity index (χ1v) is 4.52. The van der Waals surface area contributed by atoms with Crippen LogP contribution < -0.4 is 10.6 Å². The summed E-state index contributed by atoms with van der Waals surface area (Å²) in [7, 11) is 0. The molecule has 4 N–H and O–H groups in total. The fourth-order valence-electron chi connectivity index (χ4n) is 0.974. The molecule has 1 amide bonds. The molecule has 0 heterocycles. The van der Waals surface area contributed by atoms with Gasteiger partial charge in [-0.3, -0.25) is 10.1 Å². The minimum absolute atomic E-state index is 0.168. The Balaban J connectivity index is 2.38. The molecule has 1 aromatic carbocycles. The van der Waals surface area contributed by atoms with E-state index in [2.05, 4.69) is 10.6 Å². The Morgan fingerprint density at radius 2 is 1.93 bits per heavy atom. The van der Waals surface area contributed by atoms with Gasteiger partial charge in [0.2, 0.25) is 11.8 Å². The average molecular weight is 210 g/mol. The van der Waals surface area contributed by atoms with Crippen LogP contribution in [0.15, 0.2) is 30.3 Å². The molecule has 0 bridgehead atoms. The summed E-state index contributed by atoms with van der Waals surface area (Å²) in [6.07, 6.45) is 0. The van der Waals surface area contributed by atoms with E-state index >= 15 is 0 Å². The number of nitrogens with one attached hydrogen (secondary N) is 2. The lowest BCUT2D eigenvalue weighted by molar-refractivity contribution is -0.170. The van der Waals surface area contributed by atoms with Gasteiger partial charge < -0.3 is 15.5 Å². The van der Waals surface area contributed by atoms with Crippen LogP contribution in [0.5, 0.6) is 0 Å². The summed E-state index contributed by atoms with van der Waals surface area (Å²) in [4.78, 5) is 11.3. The van der Waals surface area contributed by atoms with Gasteiger partial charge in [0.15, 0.2) is 0 Å². The molecule has 0 unspecified atom stereocenters. The SMILES string of the molecule is CC(O)(O)NCC(=O)Nc1ccccc1. The summed E-state index contributed by atoms with van der Waals surface area (Å²) in [6, 6.07) is 8.92. The molecule has 0 spiro atoms. The molecule has 1 aromatic rings. The molecule has 5 nitrogen and oxygen atoms in total. The molecule has 0 aliphatic carbocycles. The van der Waals surface area contributed by atoms with Crippen LogP contribution in [0.4, 0.5) is 5.69 Å². The van der Waals surface area contributed by atoms with Crippen molar-refractivity contribution in [3.63, 3.8) is 0 Å². The van der Waals surface area contributed by atoms with Crippen molar-refractivity contribution in [1.82, 2.24) is 5.32 Å². The average Bonchev–Trinajstić information content (AvgIpc) is 2.15. The number of carbonyl (C=O) groups excluding carboxylic acids is 1. The van der Waals surface area contributed by atoms with E-state index in [-0.39, 0.29) is 12.5 Å². The third-order valence-electron chi connectivity index (χ3n) is 1.64. The van der Waals surface area contributed by atoms with Crippen molar-refractivity contribution in [2.45, 2.75) is 12.8 Å². The number of aliphatic hydroxyl groups is 2. The molecule has 15 heavy (non-hydrogen) atoms. The number of carbonyl (C=O) groups is 1.